The Bertz CT molecular complexity index is 455. The van der Waals surface area contributed by atoms with E-state index in [1.54, 1.807) is 0 Å². The molecule has 0 radical (unpaired) electrons. The number of H-pyrrole nitrogens is 1. The van der Waals surface area contributed by atoms with E-state index in [0.29, 0.717) is 0 Å². The minimum absolute atomic E-state index is 0.920. The van der Waals surface area contributed by atoms with Gasteiger partial charge < -0.3 is 10.3 Å². The maximum atomic E-state index is 3.33. The Hall–Kier alpha value is -1.28. The SMILES string of the molecule is CNCc1c[nH]c2c(C)cc(C)cc12. The lowest BCUT2D eigenvalue weighted by atomic mass is 10.1. The monoisotopic (exact) mass is 188 g/mol. The van der Waals surface area contributed by atoms with Gasteiger partial charge in [0.2, 0.25) is 0 Å². The van der Waals surface area contributed by atoms with Crippen molar-refractivity contribution in [3.05, 3.63) is 35.0 Å². The Morgan fingerprint density at radius 3 is 2.79 bits per heavy atom. The Labute approximate surface area is 84.3 Å². The van der Waals surface area contributed by atoms with Crippen LogP contribution in [0.3, 0.4) is 0 Å². The molecule has 2 N–H and O–H groups in total. The molecule has 0 amide bonds. The van der Waals surface area contributed by atoms with E-state index in [1.807, 2.05) is 7.05 Å². The summed E-state index contributed by atoms with van der Waals surface area (Å²) in [5.74, 6) is 0. The van der Waals surface area contributed by atoms with Crippen molar-refractivity contribution in [3.8, 4) is 0 Å². The molecule has 2 aromatic rings. The highest BCUT2D eigenvalue weighted by Crippen LogP contribution is 2.22. The van der Waals surface area contributed by atoms with Crippen molar-refractivity contribution in [1.82, 2.24) is 10.3 Å². The summed E-state index contributed by atoms with van der Waals surface area (Å²) in [7, 11) is 1.97. The molecule has 14 heavy (non-hydrogen) atoms. The van der Waals surface area contributed by atoms with E-state index < -0.39 is 0 Å². The number of aryl methyl sites for hydroxylation is 2. The van der Waals surface area contributed by atoms with Crippen LogP contribution in [0.25, 0.3) is 10.9 Å². The molecule has 2 rings (SSSR count). The number of fused-ring (bicyclic) bond motifs is 1. The highest BCUT2D eigenvalue weighted by molar-refractivity contribution is 5.86. The summed E-state index contributed by atoms with van der Waals surface area (Å²) in [5, 5.41) is 4.53. The highest BCUT2D eigenvalue weighted by Gasteiger charge is 2.05. The molecule has 0 saturated carbocycles. The first-order valence-corrected chi connectivity index (χ1v) is 4.94. The Morgan fingerprint density at radius 1 is 1.29 bits per heavy atom. The zero-order valence-corrected chi connectivity index (χ0v) is 8.94. The quantitative estimate of drug-likeness (QED) is 0.744. The highest BCUT2D eigenvalue weighted by atomic mass is 14.8. The van der Waals surface area contributed by atoms with Crippen molar-refractivity contribution in [2.45, 2.75) is 20.4 Å². The van der Waals surface area contributed by atoms with Gasteiger partial charge >= 0.3 is 0 Å². The van der Waals surface area contributed by atoms with Crippen LogP contribution in [0.4, 0.5) is 0 Å². The van der Waals surface area contributed by atoms with Gasteiger partial charge in [-0.2, -0.15) is 0 Å². The first kappa shape index (κ1) is 9.28. The summed E-state index contributed by atoms with van der Waals surface area (Å²) in [6, 6.07) is 4.45. The van der Waals surface area contributed by atoms with Crippen LogP contribution in [-0.4, -0.2) is 12.0 Å². The zero-order valence-electron chi connectivity index (χ0n) is 8.94. The van der Waals surface area contributed by atoms with E-state index in [-0.39, 0.29) is 0 Å². The summed E-state index contributed by atoms with van der Waals surface area (Å²) in [5.41, 5.74) is 5.25. The molecule has 74 valence electrons. The van der Waals surface area contributed by atoms with Crippen LogP contribution in [0.1, 0.15) is 16.7 Å². The molecular weight excluding hydrogens is 172 g/mol. The topological polar surface area (TPSA) is 27.8 Å². The maximum absolute atomic E-state index is 3.33. The van der Waals surface area contributed by atoms with E-state index in [4.69, 9.17) is 0 Å². The molecule has 0 fully saturated rings. The molecule has 0 aliphatic carbocycles. The smallest absolute Gasteiger partial charge is 0.0487 e. The van der Waals surface area contributed by atoms with Gasteiger partial charge in [-0.25, -0.2) is 0 Å². The molecule has 1 heterocycles. The fourth-order valence-electron chi connectivity index (χ4n) is 1.99. The number of aromatic nitrogens is 1. The van der Waals surface area contributed by atoms with Crippen molar-refractivity contribution in [1.29, 1.82) is 0 Å². The standard InChI is InChI=1S/C12H16N2/c1-8-4-9(2)12-11(5-8)10(6-13-3)7-14-12/h4-5,7,13-14H,6H2,1-3H3. The van der Waals surface area contributed by atoms with Gasteiger partial charge in [-0.15, -0.1) is 0 Å². The normalized spacial score (nSPS) is 11.1. The van der Waals surface area contributed by atoms with Gasteiger partial charge in [0.05, 0.1) is 0 Å². The molecular formula is C12H16N2. The van der Waals surface area contributed by atoms with Crippen LogP contribution < -0.4 is 5.32 Å². The van der Waals surface area contributed by atoms with Crippen molar-refractivity contribution in [2.24, 2.45) is 0 Å². The van der Waals surface area contributed by atoms with Crippen LogP contribution in [0.5, 0.6) is 0 Å². The summed E-state index contributed by atoms with van der Waals surface area (Å²) in [4.78, 5) is 3.33. The lowest BCUT2D eigenvalue weighted by Gasteiger charge is -2.01. The zero-order chi connectivity index (χ0) is 10.1. The van der Waals surface area contributed by atoms with Crippen LogP contribution in [0.15, 0.2) is 18.3 Å². The fourth-order valence-corrected chi connectivity index (χ4v) is 1.99. The Morgan fingerprint density at radius 2 is 2.07 bits per heavy atom. The minimum atomic E-state index is 0.920. The van der Waals surface area contributed by atoms with Gasteiger partial charge in [-0.3, -0.25) is 0 Å². The third-order valence-electron chi connectivity index (χ3n) is 2.58. The second-order valence-corrected chi connectivity index (χ2v) is 3.85. The minimum Gasteiger partial charge on any atom is -0.361 e. The Balaban J connectivity index is 2.66. The van der Waals surface area contributed by atoms with Crippen molar-refractivity contribution in [3.63, 3.8) is 0 Å². The van der Waals surface area contributed by atoms with E-state index in [9.17, 15) is 0 Å². The molecule has 0 bridgehead atoms. The average Bonchev–Trinajstić information content (AvgIpc) is 2.49. The largest absolute Gasteiger partial charge is 0.361 e. The summed E-state index contributed by atoms with van der Waals surface area (Å²) < 4.78 is 0. The number of hydrogen-bond acceptors (Lipinski definition) is 1. The molecule has 0 aliphatic rings. The molecule has 1 aromatic carbocycles. The number of aromatic amines is 1. The number of rotatable bonds is 2. The van der Waals surface area contributed by atoms with Gasteiger partial charge in [0.1, 0.15) is 0 Å². The van der Waals surface area contributed by atoms with Crippen LogP contribution in [0, 0.1) is 13.8 Å². The first-order valence-electron chi connectivity index (χ1n) is 4.94. The van der Waals surface area contributed by atoms with E-state index in [2.05, 4.69) is 42.5 Å². The molecule has 0 atom stereocenters. The first-order chi connectivity index (χ1) is 6.72. The van der Waals surface area contributed by atoms with E-state index in [1.165, 1.54) is 27.6 Å². The Kier molecular flexibility index (Phi) is 2.30. The average molecular weight is 188 g/mol. The van der Waals surface area contributed by atoms with Gasteiger partial charge in [0, 0.05) is 23.6 Å². The van der Waals surface area contributed by atoms with Crippen molar-refractivity contribution < 1.29 is 0 Å². The van der Waals surface area contributed by atoms with Crippen LogP contribution >= 0.6 is 0 Å². The summed E-state index contributed by atoms with van der Waals surface area (Å²) in [6.45, 7) is 5.21. The van der Waals surface area contributed by atoms with Gasteiger partial charge in [0.25, 0.3) is 0 Å². The maximum Gasteiger partial charge on any atom is 0.0487 e. The van der Waals surface area contributed by atoms with Crippen molar-refractivity contribution >= 4 is 10.9 Å². The summed E-state index contributed by atoms with van der Waals surface area (Å²) in [6.07, 6.45) is 2.09. The van der Waals surface area contributed by atoms with E-state index in [0.717, 1.165) is 6.54 Å². The predicted molar refractivity (Wildman–Crippen MR) is 60.5 cm³/mol. The van der Waals surface area contributed by atoms with Gasteiger partial charge in [-0.05, 0) is 38.1 Å². The molecule has 0 spiro atoms. The van der Waals surface area contributed by atoms with E-state index >= 15 is 0 Å². The lowest BCUT2D eigenvalue weighted by molar-refractivity contribution is 0.823. The van der Waals surface area contributed by atoms with Gasteiger partial charge in [0.15, 0.2) is 0 Å². The van der Waals surface area contributed by atoms with Crippen molar-refractivity contribution in [2.75, 3.05) is 7.05 Å². The number of nitrogens with one attached hydrogen (secondary N) is 2. The predicted octanol–water partition coefficient (Wildman–Crippen LogP) is 2.50. The molecule has 1 aromatic heterocycles. The third kappa shape index (κ3) is 1.42. The lowest BCUT2D eigenvalue weighted by Crippen LogP contribution is -2.04. The van der Waals surface area contributed by atoms with Crippen LogP contribution in [0.2, 0.25) is 0 Å². The van der Waals surface area contributed by atoms with Gasteiger partial charge in [-0.1, -0.05) is 11.6 Å². The molecule has 0 aliphatic heterocycles. The molecule has 0 saturated heterocycles. The summed E-state index contributed by atoms with van der Waals surface area (Å²) >= 11 is 0. The van der Waals surface area contributed by atoms with Crippen LogP contribution in [-0.2, 0) is 6.54 Å². The molecule has 0 unspecified atom stereocenters. The molecule has 2 nitrogen and oxygen atoms in total. The fraction of sp³-hybridized carbons (Fsp3) is 0.333. The second-order valence-electron chi connectivity index (χ2n) is 3.85. The number of benzene rings is 1. The second kappa shape index (κ2) is 3.46. The number of hydrogen-bond donors (Lipinski definition) is 2. The molecule has 2 heteroatoms. The third-order valence-corrected chi connectivity index (χ3v) is 2.58.